The Hall–Kier alpha value is -3.99. The molecule has 1 unspecified atom stereocenters. The van der Waals surface area contributed by atoms with Gasteiger partial charge in [-0.3, -0.25) is 5.10 Å². The molecule has 0 fully saturated rings. The predicted octanol–water partition coefficient (Wildman–Crippen LogP) is 3.16. The standard InChI is InChI=1S/C20H13FN4O3/c21-12-4-1-10(2-5-12)18-17-16(11-3-6-14-15(7-11)27-9-26-14)13(8-22)19(23)28-20(17)25-24-18/h1-7,16H,9,23H2,(H,24,25). The molecule has 3 N–H and O–H groups in total. The van der Waals surface area contributed by atoms with E-state index in [0.29, 0.717) is 28.3 Å². The van der Waals surface area contributed by atoms with Gasteiger partial charge >= 0.3 is 0 Å². The van der Waals surface area contributed by atoms with Crippen LogP contribution in [0.2, 0.25) is 0 Å². The third-order valence-electron chi connectivity index (χ3n) is 4.80. The first-order valence-corrected chi connectivity index (χ1v) is 8.47. The van der Waals surface area contributed by atoms with E-state index >= 15 is 0 Å². The number of nitrogens with two attached hydrogens (primary N) is 1. The second kappa shape index (κ2) is 6.03. The van der Waals surface area contributed by atoms with Crippen LogP contribution in [0, 0.1) is 17.1 Å². The molecule has 2 aliphatic rings. The summed E-state index contributed by atoms with van der Waals surface area (Å²) in [6, 6.07) is 13.6. The van der Waals surface area contributed by atoms with Gasteiger partial charge in [-0.2, -0.15) is 5.26 Å². The fourth-order valence-corrected chi connectivity index (χ4v) is 3.51. The van der Waals surface area contributed by atoms with Gasteiger partial charge in [0.25, 0.3) is 0 Å². The van der Waals surface area contributed by atoms with Gasteiger partial charge in [-0.05, 0) is 42.0 Å². The van der Waals surface area contributed by atoms with Gasteiger partial charge in [0.05, 0.1) is 17.2 Å². The van der Waals surface area contributed by atoms with Crippen molar-refractivity contribution in [1.82, 2.24) is 10.2 Å². The Bertz CT molecular complexity index is 1160. The van der Waals surface area contributed by atoms with Gasteiger partial charge in [0.2, 0.25) is 18.6 Å². The normalized spacial score (nSPS) is 17.1. The van der Waals surface area contributed by atoms with Crippen LogP contribution in [0.25, 0.3) is 11.3 Å². The lowest BCUT2D eigenvalue weighted by Gasteiger charge is -2.24. The van der Waals surface area contributed by atoms with E-state index in [1.54, 1.807) is 18.2 Å². The first kappa shape index (κ1) is 16.2. The molecule has 2 aromatic carbocycles. The first-order valence-electron chi connectivity index (χ1n) is 8.47. The second-order valence-corrected chi connectivity index (χ2v) is 6.36. The number of hydrogen-bond acceptors (Lipinski definition) is 6. The van der Waals surface area contributed by atoms with E-state index in [2.05, 4.69) is 16.3 Å². The summed E-state index contributed by atoms with van der Waals surface area (Å²) in [5.41, 5.74) is 9.01. The zero-order valence-electron chi connectivity index (χ0n) is 14.4. The summed E-state index contributed by atoms with van der Waals surface area (Å²) in [4.78, 5) is 0. The molecule has 0 aliphatic carbocycles. The van der Waals surface area contributed by atoms with E-state index in [9.17, 15) is 9.65 Å². The molecule has 2 aliphatic heterocycles. The van der Waals surface area contributed by atoms with Crippen LogP contribution in [0.4, 0.5) is 4.39 Å². The van der Waals surface area contributed by atoms with Crippen LogP contribution in [0.5, 0.6) is 17.4 Å². The minimum Gasteiger partial charge on any atom is -0.454 e. The van der Waals surface area contributed by atoms with Crippen LogP contribution in [0.3, 0.4) is 0 Å². The first-order chi connectivity index (χ1) is 13.7. The van der Waals surface area contributed by atoms with Gasteiger partial charge in [0, 0.05) is 5.56 Å². The molecule has 7 nitrogen and oxygen atoms in total. The lowest BCUT2D eigenvalue weighted by Crippen LogP contribution is -2.21. The fourth-order valence-electron chi connectivity index (χ4n) is 3.51. The summed E-state index contributed by atoms with van der Waals surface area (Å²) >= 11 is 0. The number of halogens is 1. The Kier molecular flexibility index (Phi) is 3.49. The highest BCUT2D eigenvalue weighted by molar-refractivity contribution is 5.71. The van der Waals surface area contributed by atoms with E-state index in [-0.39, 0.29) is 29.9 Å². The Morgan fingerprint density at radius 1 is 1.14 bits per heavy atom. The van der Waals surface area contributed by atoms with E-state index in [1.807, 2.05) is 12.1 Å². The molecule has 0 amide bonds. The van der Waals surface area contributed by atoms with Crippen molar-refractivity contribution in [3.63, 3.8) is 0 Å². The predicted molar refractivity (Wildman–Crippen MR) is 95.8 cm³/mol. The van der Waals surface area contributed by atoms with Crippen molar-refractivity contribution < 1.29 is 18.6 Å². The molecular formula is C20H13FN4O3. The largest absolute Gasteiger partial charge is 0.454 e. The van der Waals surface area contributed by atoms with Gasteiger partial charge < -0.3 is 19.9 Å². The Morgan fingerprint density at radius 3 is 2.71 bits per heavy atom. The minimum atomic E-state index is -0.526. The number of ether oxygens (including phenoxy) is 3. The maximum atomic E-state index is 13.4. The zero-order valence-corrected chi connectivity index (χ0v) is 14.4. The summed E-state index contributed by atoms with van der Waals surface area (Å²) in [6.45, 7) is 0.146. The molecule has 1 atom stereocenters. The van der Waals surface area contributed by atoms with Gasteiger partial charge in [-0.1, -0.05) is 6.07 Å². The quantitative estimate of drug-likeness (QED) is 0.712. The molecule has 28 heavy (non-hydrogen) atoms. The number of rotatable bonds is 2. The monoisotopic (exact) mass is 376 g/mol. The van der Waals surface area contributed by atoms with Crippen LogP contribution in [0.1, 0.15) is 17.0 Å². The van der Waals surface area contributed by atoms with Crippen LogP contribution >= 0.6 is 0 Å². The molecule has 0 saturated heterocycles. The number of nitrogens with one attached hydrogen (secondary N) is 1. The Morgan fingerprint density at radius 2 is 1.93 bits per heavy atom. The van der Waals surface area contributed by atoms with E-state index in [0.717, 1.165) is 5.56 Å². The number of aromatic nitrogens is 2. The molecule has 0 bridgehead atoms. The average Bonchev–Trinajstić information content (AvgIpc) is 3.33. The van der Waals surface area contributed by atoms with Crippen molar-refractivity contribution in [2.45, 2.75) is 5.92 Å². The summed E-state index contributed by atoms with van der Waals surface area (Å²) in [7, 11) is 0. The zero-order chi connectivity index (χ0) is 19.3. The highest BCUT2D eigenvalue weighted by Gasteiger charge is 2.36. The highest BCUT2D eigenvalue weighted by atomic mass is 19.1. The maximum Gasteiger partial charge on any atom is 0.244 e. The number of aromatic amines is 1. The van der Waals surface area contributed by atoms with Crippen molar-refractivity contribution in [2.24, 2.45) is 5.73 Å². The molecule has 8 heteroatoms. The SMILES string of the molecule is N#CC1=C(N)Oc2n[nH]c(-c3ccc(F)cc3)c2C1c1ccc2c(c1)OCO2. The van der Waals surface area contributed by atoms with Gasteiger partial charge in [0.15, 0.2) is 11.5 Å². The number of fused-ring (bicyclic) bond motifs is 2. The van der Waals surface area contributed by atoms with Crippen molar-refractivity contribution in [1.29, 1.82) is 5.26 Å². The molecule has 3 aromatic rings. The molecule has 5 rings (SSSR count). The highest BCUT2D eigenvalue weighted by Crippen LogP contribution is 2.47. The van der Waals surface area contributed by atoms with Crippen LogP contribution in [-0.2, 0) is 0 Å². The molecule has 138 valence electrons. The molecule has 0 saturated carbocycles. The van der Waals surface area contributed by atoms with Crippen molar-refractivity contribution in [2.75, 3.05) is 6.79 Å². The molecule has 0 radical (unpaired) electrons. The minimum absolute atomic E-state index is 0.00479. The molecule has 3 heterocycles. The van der Waals surface area contributed by atoms with Crippen LogP contribution in [0.15, 0.2) is 53.9 Å². The summed E-state index contributed by atoms with van der Waals surface area (Å²) in [6.07, 6.45) is 0. The smallest absolute Gasteiger partial charge is 0.244 e. The summed E-state index contributed by atoms with van der Waals surface area (Å²) in [5.74, 6) is 0.628. The topological polar surface area (TPSA) is 106 Å². The van der Waals surface area contributed by atoms with Gasteiger partial charge in [-0.25, -0.2) is 4.39 Å². The fraction of sp³-hybridized carbons (Fsp3) is 0.100. The van der Waals surface area contributed by atoms with Gasteiger partial charge in [0.1, 0.15) is 17.5 Å². The Labute approximate surface area is 158 Å². The Balaban J connectivity index is 1.71. The van der Waals surface area contributed by atoms with Crippen molar-refractivity contribution >= 4 is 0 Å². The van der Waals surface area contributed by atoms with Crippen LogP contribution in [-0.4, -0.2) is 17.0 Å². The summed E-state index contributed by atoms with van der Waals surface area (Å²) < 4.78 is 29.8. The average molecular weight is 376 g/mol. The van der Waals surface area contributed by atoms with E-state index < -0.39 is 5.92 Å². The number of H-pyrrole nitrogens is 1. The number of hydrogen-bond donors (Lipinski definition) is 2. The number of nitrogens with zero attached hydrogens (tertiary/aromatic N) is 2. The lowest BCUT2D eigenvalue weighted by molar-refractivity contribution is 0.174. The van der Waals surface area contributed by atoms with E-state index in [1.165, 1.54) is 12.1 Å². The second-order valence-electron chi connectivity index (χ2n) is 6.36. The maximum absolute atomic E-state index is 13.4. The molecule has 1 aromatic heterocycles. The number of nitriles is 1. The van der Waals surface area contributed by atoms with E-state index in [4.69, 9.17) is 19.9 Å². The number of benzene rings is 2. The summed E-state index contributed by atoms with van der Waals surface area (Å²) in [5, 5.41) is 16.9. The lowest BCUT2D eigenvalue weighted by atomic mass is 9.83. The number of allylic oxidation sites excluding steroid dienone is 1. The van der Waals surface area contributed by atoms with Gasteiger partial charge in [-0.15, -0.1) is 5.10 Å². The molecule has 0 spiro atoms. The van der Waals surface area contributed by atoms with Crippen molar-refractivity contribution in [3.8, 4) is 34.7 Å². The molecular weight excluding hydrogens is 363 g/mol. The van der Waals surface area contributed by atoms with Crippen LogP contribution < -0.4 is 19.9 Å². The third kappa shape index (κ3) is 2.37. The third-order valence-corrected chi connectivity index (χ3v) is 4.80. The van der Waals surface area contributed by atoms with Crippen molar-refractivity contribution in [3.05, 3.63) is 70.9 Å².